The zero-order valence-electron chi connectivity index (χ0n) is 13.5. The zero-order chi connectivity index (χ0) is 19.4. The van der Waals surface area contributed by atoms with Gasteiger partial charge in [0.25, 0.3) is 17.5 Å². The molecule has 0 saturated carbocycles. The lowest BCUT2D eigenvalue weighted by Gasteiger charge is -2.07. The third-order valence-electron chi connectivity index (χ3n) is 3.50. The van der Waals surface area contributed by atoms with Gasteiger partial charge in [-0.25, -0.2) is 4.98 Å². The van der Waals surface area contributed by atoms with E-state index in [4.69, 9.17) is 16.0 Å². The first-order chi connectivity index (χ1) is 13.0. The van der Waals surface area contributed by atoms with Gasteiger partial charge in [0.1, 0.15) is 0 Å². The Morgan fingerprint density at radius 3 is 2.44 bits per heavy atom. The highest BCUT2D eigenvalue weighted by molar-refractivity contribution is 6.30. The SMILES string of the molecule is O=C(NNC(=O)c1ncoc1-c1cccc(Cl)c1)c1ccc([N+](=O)[O-])cc1. The first-order valence-corrected chi connectivity index (χ1v) is 7.88. The molecule has 3 rings (SSSR count). The molecule has 0 atom stereocenters. The molecule has 27 heavy (non-hydrogen) atoms. The maximum atomic E-state index is 12.3. The zero-order valence-corrected chi connectivity index (χ0v) is 14.3. The summed E-state index contributed by atoms with van der Waals surface area (Å²) in [6.45, 7) is 0. The molecule has 0 aliphatic rings. The van der Waals surface area contributed by atoms with E-state index in [2.05, 4.69) is 15.8 Å². The second kappa shape index (κ2) is 7.67. The van der Waals surface area contributed by atoms with E-state index >= 15 is 0 Å². The topological polar surface area (TPSA) is 127 Å². The number of nitro benzene ring substituents is 1. The van der Waals surface area contributed by atoms with E-state index in [-0.39, 0.29) is 22.7 Å². The van der Waals surface area contributed by atoms with Crippen molar-refractivity contribution in [3.63, 3.8) is 0 Å². The van der Waals surface area contributed by atoms with Crippen LogP contribution >= 0.6 is 11.6 Å². The number of hydrogen-bond donors (Lipinski definition) is 2. The van der Waals surface area contributed by atoms with Gasteiger partial charge < -0.3 is 4.42 Å². The quantitative estimate of drug-likeness (QED) is 0.524. The molecule has 2 amide bonds. The smallest absolute Gasteiger partial charge is 0.292 e. The van der Waals surface area contributed by atoms with Crippen molar-refractivity contribution in [2.75, 3.05) is 0 Å². The van der Waals surface area contributed by atoms with E-state index in [1.54, 1.807) is 24.3 Å². The lowest BCUT2D eigenvalue weighted by Crippen LogP contribution is -2.41. The van der Waals surface area contributed by atoms with E-state index in [1.165, 1.54) is 24.3 Å². The number of carbonyl (C=O) groups excluding carboxylic acids is 2. The molecule has 1 aromatic heterocycles. The molecule has 9 nitrogen and oxygen atoms in total. The Morgan fingerprint density at radius 2 is 1.78 bits per heavy atom. The number of non-ortho nitro benzene ring substituents is 1. The van der Waals surface area contributed by atoms with Gasteiger partial charge in [0.15, 0.2) is 17.8 Å². The third-order valence-corrected chi connectivity index (χ3v) is 3.73. The number of hydrogen-bond acceptors (Lipinski definition) is 6. The van der Waals surface area contributed by atoms with E-state index in [9.17, 15) is 19.7 Å². The Kier molecular flexibility index (Phi) is 5.13. The molecule has 0 aliphatic heterocycles. The predicted molar refractivity (Wildman–Crippen MR) is 95.0 cm³/mol. The second-order valence-electron chi connectivity index (χ2n) is 5.25. The summed E-state index contributed by atoms with van der Waals surface area (Å²) < 4.78 is 5.25. The van der Waals surface area contributed by atoms with Crippen LogP contribution in [0, 0.1) is 10.1 Å². The number of nitrogens with zero attached hydrogens (tertiary/aromatic N) is 2. The van der Waals surface area contributed by atoms with Crippen molar-refractivity contribution in [2.45, 2.75) is 0 Å². The van der Waals surface area contributed by atoms with Crippen LogP contribution in [0.3, 0.4) is 0 Å². The van der Waals surface area contributed by atoms with Gasteiger partial charge in [-0.1, -0.05) is 23.7 Å². The molecular weight excluding hydrogens is 376 g/mol. The molecule has 0 unspecified atom stereocenters. The Balaban J connectivity index is 1.69. The van der Waals surface area contributed by atoms with E-state index in [1.807, 2.05) is 0 Å². The fraction of sp³-hybridized carbons (Fsp3) is 0. The highest BCUT2D eigenvalue weighted by Gasteiger charge is 2.19. The lowest BCUT2D eigenvalue weighted by atomic mass is 10.1. The van der Waals surface area contributed by atoms with Gasteiger partial charge >= 0.3 is 0 Å². The number of oxazole rings is 1. The number of nitro groups is 1. The normalized spacial score (nSPS) is 10.3. The highest BCUT2D eigenvalue weighted by atomic mass is 35.5. The van der Waals surface area contributed by atoms with Gasteiger partial charge in [0.2, 0.25) is 0 Å². The van der Waals surface area contributed by atoms with Crippen molar-refractivity contribution in [1.29, 1.82) is 0 Å². The molecule has 0 aliphatic carbocycles. The Bertz CT molecular complexity index is 1020. The Morgan fingerprint density at radius 1 is 1.07 bits per heavy atom. The number of nitrogens with one attached hydrogen (secondary N) is 2. The standard InChI is InChI=1S/C17H11ClN4O5/c18-12-3-1-2-11(8-12)15-14(19-9-27-15)17(24)21-20-16(23)10-4-6-13(7-5-10)22(25)26/h1-9H,(H,20,23)(H,21,24). The van der Waals surface area contributed by atoms with Crippen LogP contribution < -0.4 is 10.9 Å². The third kappa shape index (κ3) is 4.10. The van der Waals surface area contributed by atoms with Crippen molar-refractivity contribution >= 4 is 29.1 Å². The van der Waals surface area contributed by atoms with Crippen LogP contribution in [0.25, 0.3) is 11.3 Å². The monoisotopic (exact) mass is 386 g/mol. The Labute approximate surface area is 157 Å². The summed E-state index contributed by atoms with van der Waals surface area (Å²) in [6, 6.07) is 11.6. The molecule has 136 valence electrons. The average Bonchev–Trinajstić information content (AvgIpc) is 3.16. The molecular formula is C17H11ClN4O5. The van der Waals surface area contributed by atoms with Crippen molar-refractivity contribution in [3.8, 4) is 11.3 Å². The van der Waals surface area contributed by atoms with E-state index < -0.39 is 16.7 Å². The first-order valence-electron chi connectivity index (χ1n) is 7.50. The van der Waals surface area contributed by atoms with E-state index in [0.717, 1.165) is 6.39 Å². The van der Waals surface area contributed by atoms with Crippen LogP contribution in [0.2, 0.25) is 5.02 Å². The highest BCUT2D eigenvalue weighted by Crippen LogP contribution is 2.25. The van der Waals surface area contributed by atoms with Gasteiger partial charge in [0, 0.05) is 28.3 Å². The summed E-state index contributed by atoms with van der Waals surface area (Å²) in [7, 11) is 0. The molecule has 3 aromatic rings. The van der Waals surface area contributed by atoms with Crippen LogP contribution in [0.15, 0.2) is 59.3 Å². The van der Waals surface area contributed by atoms with Gasteiger partial charge in [-0.05, 0) is 24.3 Å². The summed E-state index contributed by atoms with van der Waals surface area (Å²) in [6.07, 6.45) is 1.10. The van der Waals surface area contributed by atoms with Crippen LogP contribution in [-0.2, 0) is 0 Å². The molecule has 0 spiro atoms. The molecule has 2 N–H and O–H groups in total. The minimum absolute atomic E-state index is 0.0405. The number of benzene rings is 2. The van der Waals surface area contributed by atoms with Crippen LogP contribution in [-0.4, -0.2) is 21.7 Å². The minimum Gasteiger partial charge on any atom is -0.443 e. The molecule has 10 heteroatoms. The van der Waals surface area contributed by atoms with Crippen molar-refractivity contribution in [1.82, 2.24) is 15.8 Å². The molecule has 2 aromatic carbocycles. The number of hydrazine groups is 1. The summed E-state index contributed by atoms with van der Waals surface area (Å²) in [4.78, 5) is 38.2. The van der Waals surface area contributed by atoms with Gasteiger partial charge in [0.05, 0.1) is 4.92 Å². The minimum atomic E-state index is -0.700. The lowest BCUT2D eigenvalue weighted by molar-refractivity contribution is -0.384. The largest absolute Gasteiger partial charge is 0.443 e. The number of rotatable bonds is 4. The van der Waals surface area contributed by atoms with E-state index in [0.29, 0.717) is 10.6 Å². The molecule has 0 saturated heterocycles. The summed E-state index contributed by atoms with van der Waals surface area (Å²) in [5.41, 5.74) is 4.92. The number of aromatic nitrogens is 1. The number of halogens is 1. The maximum Gasteiger partial charge on any atom is 0.292 e. The van der Waals surface area contributed by atoms with Gasteiger partial charge in [-0.2, -0.15) is 0 Å². The molecule has 0 fully saturated rings. The number of amides is 2. The van der Waals surface area contributed by atoms with Crippen LogP contribution in [0.4, 0.5) is 5.69 Å². The maximum absolute atomic E-state index is 12.3. The summed E-state index contributed by atoms with van der Waals surface area (Å²) in [5, 5.41) is 11.1. The van der Waals surface area contributed by atoms with Crippen molar-refractivity contribution in [3.05, 3.63) is 81.3 Å². The Hall–Kier alpha value is -3.72. The van der Waals surface area contributed by atoms with Crippen molar-refractivity contribution < 1.29 is 18.9 Å². The van der Waals surface area contributed by atoms with Crippen LogP contribution in [0.5, 0.6) is 0 Å². The average molecular weight is 387 g/mol. The summed E-state index contributed by atoms with van der Waals surface area (Å²) >= 11 is 5.93. The second-order valence-corrected chi connectivity index (χ2v) is 5.69. The van der Waals surface area contributed by atoms with Gasteiger partial charge in [-0.3, -0.25) is 30.6 Å². The fourth-order valence-corrected chi connectivity index (χ4v) is 2.41. The number of carbonyl (C=O) groups is 2. The molecule has 0 radical (unpaired) electrons. The fourth-order valence-electron chi connectivity index (χ4n) is 2.22. The van der Waals surface area contributed by atoms with Gasteiger partial charge in [-0.15, -0.1) is 0 Å². The predicted octanol–water partition coefficient (Wildman–Crippen LogP) is 2.98. The van der Waals surface area contributed by atoms with Crippen LogP contribution in [0.1, 0.15) is 20.8 Å². The summed E-state index contributed by atoms with van der Waals surface area (Å²) in [5.74, 6) is -1.15. The van der Waals surface area contributed by atoms with Crippen molar-refractivity contribution in [2.24, 2.45) is 0 Å². The molecule has 1 heterocycles. The molecule has 0 bridgehead atoms. The first kappa shape index (κ1) is 18.1.